The molecular weight excluding hydrogens is 166 g/mol. The van der Waals surface area contributed by atoms with Gasteiger partial charge in [0.2, 0.25) is 0 Å². The number of nitrogens with zero attached hydrogens (tertiary/aromatic N) is 3. The lowest BCUT2D eigenvalue weighted by atomic mass is 10.4. The maximum absolute atomic E-state index is 5.06. The molecule has 70 valence electrons. The second-order valence-corrected chi connectivity index (χ2v) is 2.51. The first-order valence-electron chi connectivity index (χ1n) is 4.00. The van der Waals surface area contributed by atoms with Gasteiger partial charge in [0, 0.05) is 25.5 Å². The van der Waals surface area contributed by atoms with Crippen LogP contribution in [0.1, 0.15) is 6.92 Å². The Morgan fingerprint density at radius 1 is 1.54 bits per heavy atom. The van der Waals surface area contributed by atoms with Crippen LogP contribution in [-0.2, 0) is 7.05 Å². The largest absolute Gasteiger partial charge is 0.497 e. The standard InChI is InChI=1S/C9H13N3O/c1-4-10-11-9-7-8(13-3)5-6-12(9)2/h4-7H,1-3H3/b10-4?,11-9+. The number of rotatable bonds is 2. The van der Waals surface area contributed by atoms with E-state index in [0.717, 1.165) is 11.2 Å². The number of pyridine rings is 1. The molecule has 0 atom stereocenters. The zero-order chi connectivity index (χ0) is 9.68. The van der Waals surface area contributed by atoms with Gasteiger partial charge in [-0.1, -0.05) is 0 Å². The van der Waals surface area contributed by atoms with Crippen molar-refractivity contribution in [3.05, 3.63) is 23.8 Å². The second-order valence-electron chi connectivity index (χ2n) is 2.51. The quantitative estimate of drug-likeness (QED) is 0.492. The zero-order valence-electron chi connectivity index (χ0n) is 8.06. The summed E-state index contributed by atoms with van der Waals surface area (Å²) in [5, 5.41) is 7.79. The predicted molar refractivity (Wildman–Crippen MR) is 51.7 cm³/mol. The lowest BCUT2D eigenvalue weighted by Crippen LogP contribution is -2.16. The lowest BCUT2D eigenvalue weighted by molar-refractivity contribution is 0.412. The van der Waals surface area contributed by atoms with Gasteiger partial charge < -0.3 is 9.30 Å². The topological polar surface area (TPSA) is 38.9 Å². The Hall–Kier alpha value is -1.58. The Kier molecular flexibility index (Phi) is 3.25. The molecule has 0 spiro atoms. The van der Waals surface area contributed by atoms with Crippen LogP contribution in [0.2, 0.25) is 0 Å². The molecule has 0 aliphatic heterocycles. The molecule has 0 radical (unpaired) electrons. The van der Waals surface area contributed by atoms with Gasteiger partial charge in [-0.15, -0.1) is 5.10 Å². The van der Waals surface area contributed by atoms with Gasteiger partial charge in [-0.25, -0.2) is 0 Å². The highest BCUT2D eigenvalue weighted by atomic mass is 16.5. The molecule has 0 aromatic carbocycles. The number of aryl methyl sites for hydroxylation is 1. The predicted octanol–water partition coefficient (Wildman–Crippen LogP) is 0.940. The van der Waals surface area contributed by atoms with E-state index in [0.29, 0.717) is 0 Å². The molecule has 0 amide bonds. The van der Waals surface area contributed by atoms with Crippen molar-refractivity contribution in [2.24, 2.45) is 17.3 Å². The Labute approximate surface area is 77.2 Å². The molecule has 0 saturated carbocycles. The highest BCUT2D eigenvalue weighted by molar-refractivity contribution is 5.52. The summed E-state index contributed by atoms with van der Waals surface area (Å²) in [7, 11) is 3.53. The fourth-order valence-electron chi connectivity index (χ4n) is 0.882. The van der Waals surface area contributed by atoms with E-state index in [4.69, 9.17) is 4.74 Å². The Balaban J connectivity index is 3.18. The summed E-state index contributed by atoms with van der Waals surface area (Å²) >= 11 is 0. The van der Waals surface area contributed by atoms with E-state index in [2.05, 4.69) is 10.2 Å². The molecule has 4 heteroatoms. The fraction of sp³-hybridized carbons (Fsp3) is 0.333. The average molecular weight is 179 g/mol. The number of methoxy groups -OCH3 is 1. The van der Waals surface area contributed by atoms with Crippen LogP contribution in [0, 0.1) is 0 Å². The van der Waals surface area contributed by atoms with Crippen molar-refractivity contribution in [1.82, 2.24) is 4.57 Å². The van der Waals surface area contributed by atoms with Crippen LogP contribution in [0.3, 0.4) is 0 Å². The number of hydrogen-bond donors (Lipinski definition) is 0. The molecule has 1 aromatic heterocycles. The zero-order valence-corrected chi connectivity index (χ0v) is 8.06. The number of hydrogen-bond acceptors (Lipinski definition) is 3. The third-order valence-electron chi connectivity index (χ3n) is 1.61. The Morgan fingerprint density at radius 3 is 2.92 bits per heavy atom. The van der Waals surface area contributed by atoms with Gasteiger partial charge in [-0.2, -0.15) is 5.10 Å². The van der Waals surface area contributed by atoms with E-state index in [1.165, 1.54) is 0 Å². The molecule has 0 aliphatic carbocycles. The molecule has 0 saturated heterocycles. The average Bonchev–Trinajstić information content (AvgIpc) is 2.17. The van der Waals surface area contributed by atoms with Crippen molar-refractivity contribution in [1.29, 1.82) is 0 Å². The second kappa shape index (κ2) is 4.45. The van der Waals surface area contributed by atoms with E-state index in [-0.39, 0.29) is 0 Å². The van der Waals surface area contributed by atoms with E-state index in [1.54, 1.807) is 13.3 Å². The summed E-state index contributed by atoms with van der Waals surface area (Å²) < 4.78 is 6.94. The van der Waals surface area contributed by atoms with Crippen molar-refractivity contribution in [2.75, 3.05) is 7.11 Å². The molecule has 13 heavy (non-hydrogen) atoms. The van der Waals surface area contributed by atoms with Crippen LogP contribution in [0.15, 0.2) is 28.5 Å². The highest BCUT2D eigenvalue weighted by Crippen LogP contribution is 2.02. The Morgan fingerprint density at radius 2 is 2.31 bits per heavy atom. The molecule has 0 fully saturated rings. The summed E-state index contributed by atoms with van der Waals surface area (Å²) in [6.45, 7) is 1.82. The normalized spacial score (nSPS) is 12.4. The number of ether oxygens (including phenoxy) is 1. The maximum atomic E-state index is 5.06. The van der Waals surface area contributed by atoms with Crippen LogP contribution >= 0.6 is 0 Å². The molecule has 0 unspecified atom stereocenters. The highest BCUT2D eigenvalue weighted by Gasteiger charge is 1.91. The molecule has 4 nitrogen and oxygen atoms in total. The molecule has 1 heterocycles. The summed E-state index contributed by atoms with van der Waals surface area (Å²) in [5.41, 5.74) is 0.762. The number of aromatic nitrogens is 1. The van der Waals surface area contributed by atoms with Crippen LogP contribution < -0.4 is 10.2 Å². The van der Waals surface area contributed by atoms with Gasteiger partial charge in [0.05, 0.1) is 7.11 Å². The van der Waals surface area contributed by atoms with Crippen LogP contribution in [0.4, 0.5) is 0 Å². The SMILES string of the molecule is CC=N/N=c1\cc(OC)ccn1C. The van der Waals surface area contributed by atoms with Gasteiger partial charge in [0.25, 0.3) is 0 Å². The molecule has 1 rings (SSSR count). The summed E-state index contributed by atoms with van der Waals surface area (Å²) in [6, 6.07) is 3.70. The lowest BCUT2D eigenvalue weighted by Gasteiger charge is -2.01. The van der Waals surface area contributed by atoms with Gasteiger partial charge >= 0.3 is 0 Å². The fourth-order valence-corrected chi connectivity index (χ4v) is 0.882. The smallest absolute Gasteiger partial charge is 0.158 e. The third kappa shape index (κ3) is 2.43. The Bertz CT molecular complexity index is 365. The van der Waals surface area contributed by atoms with E-state index < -0.39 is 0 Å². The van der Waals surface area contributed by atoms with Gasteiger partial charge in [-0.3, -0.25) is 0 Å². The first kappa shape index (κ1) is 9.51. The third-order valence-corrected chi connectivity index (χ3v) is 1.61. The van der Waals surface area contributed by atoms with E-state index in [9.17, 15) is 0 Å². The molecule has 1 aromatic rings. The van der Waals surface area contributed by atoms with E-state index >= 15 is 0 Å². The van der Waals surface area contributed by atoms with Crippen LogP contribution in [0.5, 0.6) is 5.75 Å². The minimum Gasteiger partial charge on any atom is -0.497 e. The first-order chi connectivity index (χ1) is 6.27. The van der Waals surface area contributed by atoms with Gasteiger partial charge in [0.1, 0.15) is 5.75 Å². The van der Waals surface area contributed by atoms with Crippen molar-refractivity contribution in [3.63, 3.8) is 0 Å². The van der Waals surface area contributed by atoms with Crippen molar-refractivity contribution in [2.45, 2.75) is 6.92 Å². The van der Waals surface area contributed by atoms with Crippen molar-refractivity contribution < 1.29 is 4.74 Å². The van der Waals surface area contributed by atoms with Crippen LogP contribution in [-0.4, -0.2) is 17.9 Å². The summed E-state index contributed by atoms with van der Waals surface area (Å²) in [6.07, 6.45) is 3.52. The van der Waals surface area contributed by atoms with Crippen molar-refractivity contribution >= 4 is 6.21 Å². The minimum absolute atomic E-state index is 0.762. The molecular formula is C9H13N3O. The molecule has 0 aliphatic rings. The molecule has 0 N–H and O–H groups in total. The van der Waals surface area contributed by atoms with E-state index in [1.807, 2.05) is 36.9 Å². The first-order valence-corrected chi connectivity index (χ1v) is 4.00. The summed E-state index contributed by atoms with van der Waals surface area (Å²) in [5.74, 6) is 0.781. The monoisotopic (exact) mass is 179 g/mol. The van der Waals surface area contributed by atoms with Gasteiger partial charge in [0.15, 0.2) is 5.49 Å². The van der Waals surface area contributed by atoms with Crippen molar-refractivity contribution in [3.8, 4) is 5.75 Å². The van der Waals surface area contributed by atoms with Crippen LogP contribution in [0.25, 0.3) is 0 Å². The summed E-state index contributed by atoms with van der Waals surface area (Å²) in [4.78, 5) is 0. The van der Waals surface area contributed by atoms with Gasteiger partial charge in [-0.05, 0) is 13.0 Å². The maximum Gasteiger partial charge on any atom is 0.158 e. The molecule has 0 bridgehead atoms. The minimum atomic E-state index is 0.762.